The van der Waals surface area contributed by atoms with Crippen LogP contribution in [-0.4, -0.2) is 36.5 Å². The number of likely N-dealkylation sites (tertiary alicyclic amines) is 1. The van der Waals surface area contributed by atoms with Crippen LogP contribution < -0.4 is 11.1 Å². The smallest absolute Gasteiger partial charge is 0.217 e. The monoisotopic (exact) mass is 483 g/mol. The Morgan fingerprint density at radius 3 is 2.44 bits per heavy atom. The Balaban J connectivity index is 1.51. The van der Waals surface area contributed by atoms with Crippen LogP contribution in [0.15, 0.2) is 35.2 Å². The quantitative estimate of drug-likeness (QED) is 0.383. The van der Waals surface area contributed by atoms with Gasteiger partial charge in [-0.15, -0.1) is 0 Å². The lowest BCUT2D eigenvalue weighted by Gasteiger charge is -2.42. The topological polar surface area (TPSA) is 58.4 Å². The van der Waals surface area contributed by atoms with Crippen LogP contribution in [0.4, 0.5) is 0 Å². The van der Waals surface area contributed by atoms with Gasteiger partial charge >= 0.3 is 0 Å². The zero-order chi connectivity index (χ0) is 24.9. The van der Waals surface area contributed by atoms with Gasteiger partial charge in [0, 0.05) is 25.6 Å². The fourth-order valence-corrected chi connectivity index (χ4v) is 5.98. The molecule has 1 aromatic rings. The Labute approximate surface area is 211 Å². The van der Waals surface area contributed by atoms with Crippen molar-refractivity contribution in [1.29, 1.82) is 0 Å². The lowest BCUT2D eigenvalue weighted by atomic mass is 9.63. The van der Waals surface area contributed by atoms with Crippen LogP contribution in [0.25, 0.3) is 5.57 Å². The van der Waals surface area contributed by atoms with Gasteiger partial charge in [-0.2, -0.15) is 0 Å². The predicted molar refractivity (Wildman–Crippen MR) is 148 cm³/mol. The van der Waals surface area contributed by atoms with E-state index in [1.807, 2.05) is 0 Å². The lowest BCUT2D eigenvalue weighted by molar-refractivity contribution is -0.118. The zero-order valence-corrected chi connectivity index (χ0v) is 22.8. The molecule has 3 N–H and O–H groups in total. The lowest BCUT2D eigenvalue weighted by Crippen LogP contribution is -2.41. The van der Waals surface area contributed by atoms with Gasteiger partial charge in [-0.1, -0.05) is 64.2 Å². The Morgan fingerprint density at radius 2 is 1.79 bits per heavy atom. The maximum atomic E-state index is 10.8. The van der Waals surface area contributed by atoms with Gasteiger partial charge in [0.15, 0.2) is 0 Å². The van der Waals surface area contributed by atoms with Gasteiger partial charge in [-0.05, 0) is 90.5 Å². The summed E-state index contributed by atoms with van der Waals surface area (Å²) in [6, 6.07) is 7.67. The van der Waals surface area contributed by atoms with E-state index in [0.717, 1.165) is 50.3 Å². The molecule has 0 atom stereocenters. The summed E-state index contributed by atoms with van der Waals surface area (Å²) in [5.74, 6) is -0.201. The summed E-state index contributed by atoms with van der Waals surface area (Å²) in [4.78, 5) is 13.2. The number of carbonyl (C=O) groups is 1. The molecule has 0 spiro atoms. The second-order valence-corrected chi connectivity index (χ2v) is 12.4. The Bertz CT molecular complexity index is 910. The number of nitrogens with two attached hydrogens (primary N) is 1. The fourth-order valence-electron chi connectivity index (χ4n) is 5.20. The molecule has 1 amide bonds. The van der Waals surface area contributed by atoms with Gasteiger partial charge in [0.25, 0.3) is 0 Å². The summed E-state index contributed by atoms with van der Waals surface area (Å²) >= 11 is 1.76. The van der Waals surface area contributed by atoms with Crippen LogP contribution in [-0.2, 0) is 15.6 Å². The van der Waals surface area contributed by atoms with E-state index >= 15 is 0 Å². The second-order valence-electron chi connectivity index (χ2n) is 11.5. The van der Waals surface area contributed by atoms with E-state index in [-0.39, 0.29) is 16.7 Å². The average molecular weight is 484 g/mol. The molecule has 1 heterocycles. The fraction of sp³-hybridized carbons (Fsp3) is 0.621. The molecule has 1 aromatic carbocycles. The van der Waals surface area contributed by atoms with Crippen molar-refractivity contribution in [1.82, 2.24) is 10.2 Å². The van der Waals surface area contributed by atoms with Crippen LogP contribution in [0, 0.1) is 0 Å². The van der Waals surface area contributed by atoms with E-state index in [1.165, 1.54) is 35.1 Å². The molecule has 1 aliphatic heterocycles. The molecular formula is C29H45N3OS. The number of benzene rings is 1. The highest BCUT2D eigenvalue weighted by atomic mass is 32.2. The molecule has 0 radical (unpaired) electrons. The molecule has 5 heteroatoms. The SMILES string of the molecule is C=C(S/C=C(\C)c1ccc2c(c1)C(C)(C)CCC2(C)C)N1CCC(NCCCCC(N)=O)CC1. The Hall–Kier alpha value is -1.72. The van der Waals surface area contributed by atoms with Gasteiger partial charge in [0.2, 0.25) is 5.91 Å². The van der Waals surface area contributed by atoms with Gasteiger partial charge in [0.05, 0.1) is 5.03 Å². The standard InChI is InChI=1S/C29H45N3OS/c1-21(23-10-11-25-26(19-23)29(5,6)15-14-28(25,3)4)20-34-22(2)32-17-12-24(13-18-32)31-16-8-7-9-27(30)33/h10-11,19-20,24,31H,2,7-9,12-18H2,1,3-6H3,(H2,30,33)/b21-20+. The van der Waals surface area contributed by atoms with E-state index in [4.69, 9.17) is 5.73 Å². The Kier molecular flexibility index (Phi) is 8.97. The first-order valence-corrected chi connectivity index (χ1v) is 13.8. The molecule has 34 heavy (non-hydrogen) atoms. The molecule has 0 unspecified atom stereocenters. The molecule has 2 aliphatic rings. The predicted octanol–water partition coefficient (Wildman–Crippen LogP) is 6.31. The molecule has 0 saturated carbocycles. The van der Waals surface area contributed by atoms with Crippen LogP contribution in [0.2, 0.25) is 0 Å². The van der Waals surface area contributed by atoms with Crippen LogP contribution >= 0.6 is 11.8 Å². The molecule has 3 rings (SSSR count). The number of amides is 1. The minimum absolute atomic E-state index is 0.201. The van der Waals surface area contributed by atoms with E-state index in [1.54, 1.807) is 11.8 Å². The third-order valence-electron chi connectivity index (χ3n) is 7.81. The van der Waals surface area contributed by atoms with Crippen molar-refractivity contribution >= 4 is 23.2 Å². The number of hydrogen-bond acceptors (Lipinski definition) is 4. The van der Waals surface area contributed by atoms with Crippen molar-refractivity contribution in [2.75, 3.05) is 19.6 Å². The van der Waals surface area contributed by atoms with Crippen molar-refractivity contribution in [2.24, 2.45) is 5.73 Å². The summed E-state index contributed by atoms with van der Waals surface area (Å²) < 4.78 is 0. The molecule has 0 aromatic heterocycles. The van der Waals surface area contributed by atoms with E-state index in [9.17, 15) is 4.79 Å². The third-order valence-corrected chi connectivity index (χ3v) is 8.81. The van der Waals surface area contributed by atoms with Crippen molar-refractivity contribution in [3.63, 3.8) is 0 Å². The van der Waals surface area contributed by atoms with Gasteiger partial charge in [-0.25, -0.2) is 0 Å². The minimum atomic E-state index is -0.201. The summed E-state index contributed by atoms with van der Waals surface area (Å²) in [5, 5.41) is 7.05. The molecule has 1 saturated heterocycles. The van der Waals surface area contributed by atoms with Crippen LogP contribution in [0.3, 0.4) is 0 Å². The molecule has 0 bridgehead atoms. The van der Waals surface area contributed by atoms with Crippen LogP contribution in [0.1, 0.15) is 96.3 Å². The van der Waals surface area contributed by atoms with Crippen molar-refractivity contribution in [3.05, 3.63) is 51.9 Å². The number of unbranched alkanes of at least 4 members (excludes halogenated alkanes) is 1. The number of nitrogens with one attached hydrogen (secondary N) is 1. The number of hydrogen-bond donors (Lipinski definition) is 2. The molecule has 4 nitrogen and oxygen atoms in total. The highest BCUT2D eigenvalue weighted by molar-refractivity contribution is 8.05. The van der Waals surface area contributed by atoms with Crippen LogP contribution in [0.5, 0.6) is 0 Å². The summed E-state index contributed by atoms with van der Waals surface area (Å²) in [7, 11) is 0. The minimum Gasteiger partial charge on any atom is -0.370 e. The third kappa shape index (κ3) is 6.91. The molecule has 188 valence electrons. The number of allylic oxidation sites excluding steroid dienone is 1. The van der Waals surface area contributed by atoms with E-state index in [2.05, 4.69) is 75.0 Å². The number of primary amides is 1. The maximum absolute atomic E-state index is 10.8. The van der Waals surface area contributed by atoms with Gasteiger partial charge in [0.1, 0.15) is 0 Å². The Morgan fingerprint density at radius 1 is 1.15 bits per heavy atom. The zero-order valence-electron chi connectivity index (χ0n) is 22.0. The van der Waals surface area contributed by atoms with Gasteiger partial charge < -0.3 is 16.0 Å². The highest BCUT2D eigenvalue weighted by Crippen LogP contribution is 2.46. The van der Waals surface area contributed by atoms with Crippen molar-refractivity contribution < 1.29 is 4.79 Å². The second kappa shape index (κ2) is 11.3. The van der Waals surface area contributed by atoms with E-state index in [0.29, 0.717) is 12.5 Å². The van der Waals surface area contributed by atoms with Gasteiger partial charge in [-0.3, -0.25) is 4.79 Å². The first-order chi connectivity index (χ1) is 16.0. The summed E-state index contributed by atoms with van der Waals surface area (Å²) in [6.45, 7) is 19.2. The number of carbonyl (C=O) groups excluding carboxylic acids is 1. The number of piperidine rings is 1. The highest BCUT2D eigenvalue weighted by Gasteiger charge is 2.36. The average Bonchev–Trinajstić information content (AvgIpc) is 2.80. The largest absolute Gasteiger partial charge is 0.370 e. The number of thioether (sulfide) groups is 1. The maximum Gasteiger partial charge on any atom is 0.217 e. The first-order valence-electron chi connectivity index (χ1n) is 12.9. The molecular weight excluding hydrogens is 438 g/mol. The van der Waals surface area contributed by atoms with Crippen molar-refractivity contribution in [3.8, 4) is 0 Å². The number of nitrogens with zero attached hydrogens (tertiary/aromatic N) is 1. The summed E-state index contributed by atoms with van der Waals surface area (Å²) in [5.41, 5.74) is 11.4. The molecule has 1 fully saturated rings. The number of rotatable bonds is 10. The van der Waals surface area contributed by atoms with E-state index < -0.39 is 0 Å². The first kappa shape index (κ1) is 26.9. The molecule has 1 aliphatic carbocycles. The van der Waals surface area contributed by atoms with Crippen molar-refractivity contribution in [2.45, 2.75) is 96.4 Å². The normalized spacial score (nSPS) is 20.1. The summed E-state index contributed by atoms with van der Waals surface area (Å²) in [6.07, 6.45) is 7.13. The number of fused-ring (bicyclic) bond motifs is 1.